The fourth-order valence-electron chi connectivity index (χ4n) is 2.54. The zero-order valence-corrected chi connectivity index (χ0v) is 15.9. The smallest absolute Gasteiger partial charge is 0.410 e. The summed E-state index contributed by atoms with van der Waals surface area (Å²) in [5.41, 5.74) is 4.69. The topological polar surface area (TPSA) is 87.7 Å². The van der Waals surface area contributed by atoms with Crippen molar-refractivity contribution in [2.24, 2.45) is 5.92 Å². The summed E-state index contributed by atoms with van der Waals surface area (Å²) in [4.78, 5) is 37.8. The van der Waals surface area contributed by atoms with E-state index in [0.717, 1.165) is 0 Å². The third-order valence-corrected chi connectivity index (χ3v) is 4.18. The molecule has 8 heteroatoms. The molecule has 1 saturated heterocycles. The number of likely N-dealkylation sites (tertiary alicyclic amines) is 1. The van der Waals surface area contributed by atoms with Crippen LogP contribution in [0.2, 0.25) is 5.02 Å². The van der Waals surface area contributed by atoms with Crippen LogP contribution in [0.4, 0.5) is 4.79 Å². The molecule has 142 valence electrons. The van der Waals surface area contributed by atoms with Gasteiger partial charge in [0, 0.05) is 29.6 Å². The Morgan fingerprint density at radius 1 is 1.08 bits per heavy atom. The number of hydrazine groups is 1. The molecule has 26 heavy (non-hydrogen) atoms. The average Bonchev–Trinajstić information content (AvgIpc) is 2.58. The van der Waals surface area contributed by atoms with Gasteiger partial charge in [-0.2, -0.15) is 0 Å². The minimum atomic E-state index is -0.544. The van der Waals surface area contributed by atoms with Gasteiger partial charge in [-0.3, -0.25) is 20.4 Å². The number of halogens is 1. The van der Waals surface area contributed by atoms with Crippen LogP contribution in [0.1, 0.15) is 44.0 Å². The average molecular weight is 382 g/mol. The first-order valence-electron chi connectivity index (χ1n) is 8.49. The Morgan fingerprint density at radius 2 is 1.65 bits per heavy atom. The first-order chi connectivity index (χ1) is 12.2. The van der Waals surface area contributed by atoms with Crippen molar-refractivity contribution in [3.8, 4) is 0 Å². The number of carbonyl (C=O) groups is 3. The minimum Gasteiger partial charge on any atom is -0.444 e. The first kappa shape index (κ1) is 20.0. The summed E-state index contributed by atoms with van der Waals surface area (Å²) in [7, 11) is 0. The number of ether oxygens (including phenoxy) is 1. The maximum absolute atomic E-state index is 12.2. The molecule has 3 amide bonds. The molecule has 0 aliphatic carbocycles. The van der Waals surface area contributed by atoms with Crippen molar-refractivity contribution in [3.05, 3.63) is 34.9 Å². The lowest BCUT2D eigenvalue weighted by Crippen LogP contribution is -2.48. The fourth-order valence-corrected chi connectivity index (χ4v) is 2.67. The molecule has 2 rings (SSSR count). The lowest BCUT2D eigenvalue weighted by Gasteiger charge is -2.32. The van der Waals surface area contributed by atoms with Crippen molar-refractivity contribution in [2.45, 2.75) is 39.2 Å². The van der Waals surface area contributed by atoms with Gasteiger partial charge in [0.2, 0.25) is 5.91 Å². The van der Waals surface area contributed by atoms with Crippen molar-refractivity contribution in [3.63, 3.8) is 0 Å². The summed E-state index contributed by atoms with van der Waals surface area (Å²) in [6.07, 6.45) is 0.663. The lowest BCUT2D eigenvalue weighted by atomic mass is 9.96. The summed E-state index contributed by atoms with van der Waals surface area (Å²) in [5, 5.41) is 0.530. The predicted molar refractivity (Wildman–Crippen MR) is 97.6 cm³/mol. The van der Waals surface area contributed by atoms with Gasteiger partial charge in [0.25, 0.3) is 5.91 Å². The van der Waals surface area contributed by atoms with E-state index in [0.29, 0.717) is 36.5 Å². The van der Waals surface area contributed by atoms with Crippen LogP contribution in [-0.2, 0) is 9.53 Å². The van der Waals surface area contributed by atoms with Crippen LogP contribution in [0.5, 0.6) is 0 Å². The Morgan fingerprint density at radius 3 is 2.19 bits per heavy atom. The van der Waals surface area contributed by atoms with Crippen LogP contribution in [0, 0.1) is 5.92 Å². The Kier molecular flexibility index (Phi) is 6.47. The number of piperidine rings is 1. The van der Waals surface area contributed by atoms with Gasteiger partial charge in [0.15, 0.2) is 0 Å². The van der Waals surface area contributed by atoms with Crippen molar-refractivity contribution < 1.29 is 19.1 Å². The van der Waals surface area contributed by atoms with E-state index in [2.05, 4.69) is 10.9 Å². The van der Waals surface area contributed by atoms with Gasteiger partial charge in [0.1, 0.15) is 5.60 Å². The van der Waals surface area contributed by atoms with Crippen LogP contribution in [0.15, 0.2) is 24.3 Å². The molecule has 0 radical (unpaired) electrons. The summed E-state index contributed by atoms with van der Waals surface area (Å²) in [6.45, 7) is 6.33. The predicted octanol–water partition coefficient (Wildman–Crippen LogP) is 2.75. The molecule has 0 atom stereocenters. The van der Waals surface area contributed by atoms with E-state index in [4.69, 9.17) is 16.3 Å². The summed E-state index contributed by atoms with van der Waals surface area (Å²) < 4.78 is 5.33. The highest BCUT2D eigenvalue weighted by Crippen LogP contribution is 2.19. The molecule has 1 heterocycles. The molecule has 1 aliphatic heterocycles. The monoisotopic (exact) mass is 381 g/mol. The number of hydrogen-bond acceptors (Lipinski definition) is 4. The van der Waals surface area contributed by atoms with E-state index in [1.54, 1.807) is 29.2 Å². The van der Waals surface area contributed by atoms with Crippen LogP contribution >= 0.6 is 11.6 Å². The second-order valence-corrected chi connectivity index (χ2v) is 7.63. The van der Waals surface area contributed by atoms with E-state index < -0.39 is 11.5 Å². The summed E-state index contributed by atoms with van der Waals surface area (Å²) in [6, 6.07) is 6.35. The van der Waals surface area contributed by atoms with Crippen LogP contribution in [0.3, 0.4) is 0 Å². The second kappa shape index (κ2) is 8.40. The number of benzene rings is 1. The maximum Gasteiger partial charge on any atom is 0.410 e. The van der Waals surface area contributed by atoms with Gasteiger partial charge >= 0.3 is 6.09 Å². The molecule has 2 N–H and O–H groups in total. The van der Waals surface area contributed by atoms with E-state index in [9.17, 15) is 14.4 Å². The molecular formula is C18H24ClN3O4. The maximum atomic E-state index is 12.2. The third kappa shape index (κ3) is 5.91. The van der Waals surface area contributed by atoms with Crippen molar-refractivity contribution >= 4 is 29.5 Å². The number of hydrogen-bond donors (Lipinski definition) is 2. The first-order valence-corrected chi connectivity index (χ1v) is 8.87. The van der Waals surface area contributed by atoms with Crippen molar-refractivity contribution in [2.75, 3.05) is 13.1 Å². The molecule has 0 saturated carbocycles. The van der Waals surface area contributed by atoms with Gasteiger partial charge in [-0.15, -0.1) is 0 Å². The van der Waals surface area contributed by atoms with E-state index in [1.165, 1.54) is 0 Å². The third-order valence-electron chi connectivity index (χ3n) is 3.92. The molecule has 1 aliphatic rings. The van der Waals surface area contributed by atoms with E-state index >= 15 is 0 Å². The standard InChI is InChI=1S/C18H24ClN3O4/c1-18(2,3)26-17(25)22-10-8-13(9-11-22)16(24)21-20-15(23)12-4-6-14(19)7-5-12/h4-7,13H,8-11H2,1-3H3,(H,20,23)(H,21,24). The second-order valence-electron chi connectivity index (χ2n) is 7.19. The summed E-state index contributed by atoms with van der Waals surface area (Å²) in [5.74, 6) is -0.948. The van der Waals surface area contributed by atoms with E-state index in [-0.39, 0.29) is 17.9 Å². The van der Waals surface area contributed by atoms with Crippen LogP contribution in [0.25, 0.3) is 0 Å². The zero-order chi connectivity index (χ0) is 19.3. The normalized spacial score (nSPS) is 15.3. The molecule has 1 aromatic rings. The molecule has 1 aromatic carbocycles. The largest absolute Gasteiger partial charge is 0.444 e. The fraction of sp³-hybridized carbons (Fsp3) is 0.500. The highest BCUT2D eigenvalue weighted by atomic mass is 35.5. The van der Waals surface area contributed by atoms with Crippen LogP contribution < -0.4 is 10.9 Å². The Labute approximate surface area is 158 Å². The molecule has 0 spiro atoms. The van der Waals surface area contributed by atoms with Crippen LogP contribution in [-0.4, -0.2) is 41.5 Å². The number of rotatable bonds is 2. The van der Waals surface area contributed by atoms with Gasteiger partial charge in [0.05, 0.1) is 0 Å². The number of carbonyl (C=O) groups excluding carboxylic acids is 3. The zero-order valence-electron chi connectivity index (χ0n) is 15.2. The molecule has 1 fully saturated rings. The van der Waals surface area contributed by atoms with Crippen molar-refractivity contribution in [1.82, 2.24) is 15.8 Å². The number of amides is 3. The number of nitrogens with zero attached hydrogens (tertiary/aromatic N) is 1. The highest BCUT2D eigenvalue weighted by molar-refractivity contribution is 6.30. The molecule has 7 nitrogen and oxygen atoms in total. The van der Waals surface area contributed by atoms with Gasteiger partial charge in [-0.25, -0.2) is 4.79 Å². The lowest BCUT2D eigenvalue weighted by molar-refractivity contribution is -0.127. The Hall–Kier alpha value is -2.28. The Balaban J connectivity index is 1.77. The SMILES string of the molecule is CC(C)(C)OC(=O)N1CCC(C(=O)NNC(=O)c2ccc(Cl)cc2)CC1. The van der Waals surface area contributed by atoms with Crippen molar-refractivity contribution in [1.29, 1.82) is 0 Å². The molecule has 0 unspecified atom stereocenters. The molecule has 0 aromatic heterocycles. The minimum absolute atomic E-state index is 0.265. The summed E-state index contributed by atoms with van der Waals surface area (Å²) >= 11 is 5.78. The molecular weight excluding hydrogens is 358 g/mol. The van der Waals surface area contributed by atoms with Gasteiger partial charge < -0.3 is 9.64 Å². The van der Waals surface area contributed by atoms with Gasteiger partial charge in [-0.1, -0.05) is 11.6 Å². The number of nitrogens with one attached hydrogen (secondary N) is 2. The Bertz CT molecular complexity index is 662. The van der Waals surface area contributed by atoms with Gasteiger partial charge in [-0.05, 0) is 57.9 Å². The highest BCUT2D eigenvalue weighted by Gasteiger charge is 2.30. The van der Waals surface area contributed by atoms with E-state index in [1.807, 2.05) is 20.8 Å². The molecule has 0 bridgehead atoms. The quantitative estimate of drug-likeness (QED) is 0.771.